The summed E-state index contributed by atoms with van der Waals surface area (Å²) in [4.78, 5) is 22.6. The van der Waals surface area contributed by atoms with E-state index < -0.39 is 11.9 Å². The monoisotopic (exact) mass is 206 g/mol. The molecule has 0 radical (unpaired) electrons. The molecular weight excluding hydrogens is 196 g/mol. The van der Waals surface area contributed by atoms with Crippen LogP contribution in [0.1, 0.15) is 18.4 Å². The van der Waals surface area contributed by atoms with Gasteiger partial charge in [0.15, 0.2) is 0 Å². The third-order valence-electron chi connectivity index (χ3n) is 2.38. The van der Waals surface area contributed by atoms with Crippen LogP contribution in [0.5, 0.6) is 11.5 Å². The van der Waals surface area contributed by atoms with Gasteiger partial charge in [0.05, 0.1) is 7.11 Å². The number of hydrogen-bond acceptors (Lipinski definition) is 4. The highest BCUT2D eigenvalue weighted by Crippen LogP contribution is 2.37. The van der Waals surface area contributed by atoms with E-state index in [1.165, 1.54) is 14.0 Å². The highest BCUT2D eigenvalue weighted by molar-refractivity contribution is 6.07. The molecule has 0 saturated carbocycles. The Labute approximate surface area is 86.8 Å². The normalized spacial score (nSPS) is 18.3. The van der Waals surface area contributed by atoms with Gasteiger partial charge in [-0.3, -0.25) is 9.59 Å². The highest BCUT2D eigenvalue weighted by Gasteiger charge is 2.36. The van der Waals surface area contributed by atoms with Crippen LogP contribution < -0.4 is 9.47 Å². The minimum Gasteiger partial charge on any atom is -0.497 e. The van der Waals surface area contributed by atoms with Crippen molar-refractivity contribution in [3.63, 3.8) is 0 Å². The molecule has 1 heterocycles. The van der Waals surface area contributed by atoms with Crippen LogP contribution in [0, 0.1) is 0 Å². The smallest absolute Gasteiger partial charge is 0.326 e. The zero-order chi connectivity index (χ0) is 11.0. The van der Waals surface area contributed by atoms with Crippen LogP contribution >= 0.6 is 0 Å². The molecule has 1 aliphatic heterocycles. The fourth-order valence-electron chi connectivity index (χ4n) is 1.65. The maximum atomic E-state index is 11.4. The van der Waals surface area contributed by atoms with Gasteiger partial charge in [-0.1, -0.05) is 6.07 Å². The van der Waals surface area contributed by atoms with Crippen molar-refractivity contribution in [1.29, 1.82) is 0 Å². The average Bonchev–Trinajstić information content (AvgIpc) is 2.52. The summed E-state index contributed by atoms with van der Waals surface area (Å²) in [6, 6.07) is 5.00. The first-order chi connectivity index (χ1) is 7.13. The third-order valence-corrected chi connectivity index (χ3v) is 2.38. The maximum absolute atomic E-state index is 11.4. The molecule has 0 N–H and O–H groups in total. The Morgan fingerprint density at radius 3 is 2.80 bits per heavy atom. The molecule has 0 aromatic heterocycles. The number of carbonyl (C=O) groups is 2. The number of ketones is 1. The van der Waals surface area contributed by atoms with E-state index in [0.717, 1.165) is 0 Å². The van der Waals surface area contributed by atoms with Gasteiger partial charge >= 0.3 is 5.97 Å². The van der Waals surface area contributed by atoms with E-state index >= 15 is 0 Å². The average molecular weight is 206 g/mol. The quantitative estimate of drug-likeness (QED) is 0.415. The highest BCUT2D eigenvalue weighted by atomic mass is 16.5. The number of fused-ring (bicyclic) bond motifs is 1. The molecule has 0 aliphatic carbocycles. The van der Waals surface area contributed by atoms with Gasteiger partial charge in [-0.2, -0.15) is 0 Å². The number of ether oxygens (including phenoxy) is 2. The van der Waals surface area contributed by atoms with Crippen molar-refractivity contribution < 1.29 is 19.1 Å². The molecule has 1 aliphatic rings. The molecule has 78 valence electrons. The summed E-state index contributed by atoms with van der Waals surface area (Å²) in [7, 11) is 1.53. The number of hydrogen-bond donors (Lipinski definition) is 0. The lowest BCUT2D eigenvalue weighted by atomic mass is 9.97. The van der Waals surface area contributed by atoms with Gasteiger partial charge in [0.2, 0.25) is 0 Å². The van der Waals surface area contributed by atoms with E-state index in [4.69, 9.17) is 9.47 Å². The molecule has 1 atom stereocenters. The van der Waals surface area contributed by atoms with Gasteiger partial charge in [0, 0.05) is 11.6 Å². The number of carbonyl (C=O) groups excluding carboxylic acids is 2. The van der Waals surface area contributed by atoms with Crippen molar-refractivity contribution in [3.05, 3.63) is 23.8 Å². The van der Waals surface area contributed by atoms with Gasteiger partial charge in [-0.15, -0.1) is 0 Å². The number of benzene rings is 1. The molecule has 2 rings (SSSR count). The molecule has 1 aromatic rings. The Morgan fingerprint density at radius 2 is 2.20 bits per heavy atom. The fraction of sp³-hybridized carbons (Fsp3) is 0.273. The van der Waals surface area contributed by atoms with Gasteiger partial charge in [-0.05, 0) is 13.0 Å². The standard InChI is InChI=1S/C11H10O4/c1-6(12)10-8-4-3-7(14-2)5-9(8)15-11(10)13/h3-5,10H,1-2H3/t10-/m0/s1. The third kappa shape index (κ3) is 1.48. The van der Waals surface area contributed by atoms with Gasteiger partial charge in [0.25, 0.3) is 0 Å². The predicted molar refractivity (Wildman–Crippen MR) is 52.1 cm³/mol. The molecule has 4 heteroatoms. The summed E-state index contributed by atoms with van der Waals surface area (Å²) >= 11 is 0. The second kappa shape index (κ2) is 3.38. The Hall–Kier alpha value is -1.84. The SMILES string of the molecule is COc1ccc2c(c1)OC(=O)[C@H]2C(C)=O. The Morgan fingerprint density at radius 1 is 1.47 bits per heavy atom. The van der Waals surface area contributed by atoms with E-state index in [9.17, 15) is 9.59 Å². The molecule has 0 fully saturated rings. The second-order valence-electron chi connectivity index (χ2n) is 3.37. The number of Topliss-reactive ketones (excluding diaryl/α,β-unsaturated/α-hetero) is 1. The van der Waals surface area contributed by atoms with Crippen molar-refractivity contribution in [3.8, 4) is 11.5 Å². The largest absolute Gasteiger partial charge is 0.497 e. The molecule has 0 saturated heterocycles. The van der Waals surface area contributed by atoms with Crippen LogP contribution in [0.25, 0.3) is 0 Å². The predicted octanol–water partition coefficient (Wildman–Crippen LogP) is 1.29. The van der Waals surface area contributed by atoms with Gasteiger partial charge < -0.3 is 9.47 Å². The van der Waals surface area contributed by atoms with E-state index in [0.29, 0.717) is 17.1 Å². The molecule has 0 bridgehead atoms. The molecule has 0 spiro atoms. The molecule has 1 aromatic carbocycles. The van der Waals surface area contributed by atoms with E-state index in [1.807, 2.05) is 0 Å². The van der Waals surface area contributed by atoms with Crippen LogP contribution in [0.4, 0.5) is 0 Å². The van der Waals surface area contributed by atoms with Crippen LogP contribution in [-0.4, -0.2) is 18.9 Å². The van der Waals surface area contributed by atoms with Crippen LogP contribution in [0.15, 0.2) is 18.2 Å². The maximum Gasteiger partial charge on any atom is 0.326 e. The lowest BCUT2D eigenvalue weighted by molar-refractivity contribution is -0.137. The zero-order valence-electron chi connectivity index (χ0n) is 8.44. The summed E-state index contributed by atoms with van der Waals surface area (Å²) in [6.07, 6.45) is 0. The van der Waals surface area contributed by atoms with Crippen molar-refractivity contribution in [2.24, 2.45) is 0 Å². The molecule has 15 heavy (non-hydrogen) atoms. The topological polar surface area (TPSA) is 52.6 Å². The van der Waals surface area contributed by atoms with E-state index in [-0.39, 0.29) is 5.78 Å². The lowest BCUT2D eigenvalue weighted by Crippen LogP contribution is -2.16. The van der Waals surface area contributed by atoms with Crippen LogP contribution in [0.2, 0.25) is 0 Å². The molecule has 4 nitrogen and oxygen atoms in total. The van der Waals surface area contributed by atoms with Crippen molar-refractivity contribution >= 4 is 11.8 Å². The first-order valence-corrected chi connectivity index (χ1v) is 4.53. The lowest BCUT2D eigenvalue weighted by Gasteiger charge is -2.03. The first-order valence-electron chi connectivity index (χ1n) is 4.53. The Bertz CT molecular complexity index is 436. The number of rotatable bonds is 2. The van der Waals surface area contributed by atoms with Crippen LogP contribution in [-0.2, 0) is 9.59 Å². The number of esters is 1. The molecular formula is C11H10O4. The Kier molecular flexibility index (Phi) is 2.19. The summed E-state index contributed by atoms with van der Waals surface area (Å²) in [6.45, 7) is 1.38. The summed E-state index contributed by atoms with van der Waals surface area (Å²) in [5.41, 5.74) is 0.619. The van der Waals surface area contributed by atoms with Gasteiger partial charge in [-0.25, -0.2) is 0 Å². The Balaban J connectivity index is 2.47. The van der Waals surface area contributed by atoms with Crippen molar-refractivity contribution in [2.75, 3.05) is 7.11 Å². The summed E-state index contributed by atoms with van der Waals surface area (Å²) in [5, 5.41) is 0. The van der Waals surface area contributed by atoms with Gasteiger partial charge in [0.1, 0.15) is 23.2 Å². The summed E-state index contributed by atoms with van der Waals surface area (Å²) in [5.74, 6) is -0.467. The second-order valence-corrected chi connectivity index (χ2v) is 3.37. The number of methoxy groups -OCH3 is 1. The minimum atomic E-state index is -0.772. The van der Waals surface area contributed by atoms with Crippen molar-refractivity contribution in [1.82, 2.24) is 0 Å². The summed E-state index contributed by atoms with van der Waals surface area (Å²) < 4.78 is 9.98. The molecule has 0 amide bonds. The zero-order valence-corrected chi connectivity index (χ0v) is 8.44. The fourth-order valence-corrected chi connectivity index (χ4v) is 1.65. The van der Waals surface area contributed by atoms with E-state index in [2.05, 4.69) is 0 Å². The molecule has 0 unspecified atom stereocenters. The minimum absolute atomic E-state index is 0.205. The van der Waals surface area contributed by atoms with Crippen molar-refractivity contribution in [2.45, 2.75) is 12.8 Å². The van der Waals surface area contributed by atoms with Crippen LogP contribution in [0.3, 0.4) is 0 Å². The first kappa shape index (κ1) is 9.71. The van der Waals surface area contributed by atoms with E-state index in [1.54, 1.807) is 18.2 Å².